The summed E-state index contributed by atoms with van der Waals surface area (Å²) in [5, 5.41) is 0. The van der Waals surface area contributed by atoms with E-state index in [9.17, 15) is 4.79 Å². The van der Waals surface area contributed by atoms with Crippen molar-refractivity contribution in [3.8, 4) is 0 Å². The van der Waals surface area contributed by atoms with Crippen LogP contribution in [-0.4, -0.2) is 38.7 Å². The number of rotatable bonds is 4. The van der Waals surface area contributed by atoms with Gasteiger partial charge in [-0.15, -0.1) is 0 Å². The maximum absolute atomic E-state index is 11.9. The molecule has 1 aliphatic rings. The molecular formula is C12H15N5O2. The molecule has 1 N–H and O–H groups in total. The minimum Gasteiger partial charge on any atom is -0.444 e. The minimum atomic E-state index is -0.351. The quantitative estimate of drug-likeness (QED) is 0.908. The third-order valence-electron chi connectivity index (χ3n) is 3.21. The molecular weight excluding hydrogens is 246 g/mol. The average Bonchev–Trinajstić information content (AvgIpc) is 3.02. The number of aromatic nitrogens is 4. The van der Waals surface area contributed by atoms with Crippen LogP contribution in [0, 0.1) is 0 Å². The van der Waals surface area contributed by atoms with E-state index in [1.165, 1.54) is 6.33 Å². The Morgan fingerprint density at radius 3 is 3.21 bits per heavy atom. The van der Waals surface area contributed by atoms with E-state index in [1.54, 1.807) is 11.2 Å². The van der Waals surface area contributed by atoms with Crippen LogP contribution in [0.4, 0.5) is 10.6 Å². The van der Waals surface area contributed by atoms with Gasteiger partial charge in [0.05, 0.1) is 12.9 Å². The lowest BCUT2D eigenvalue weighted by Crippen LogP contribution is -2.25. The highest BCUT2D eigenvalue weighted by Crippen LogP contribution is 2.26. The molecule has 19 heavy (non-hydrogen) atoms. The molecule has 1 saturated heterocycles. The van der Waals surface area contributed by atoms with Crippen molar-refractivity contribution < 1.29 is 9.53 Å². The number of nitrogens with one attached hydrogen (secondary N) is 1. The van der Waals surface area contributed by atoms with Crippen molar-refractivity contribution in [1.29, 1.82) is 0 Å². The summed E-state index contributed by atoms with van der Waals surface area (Å²) in [6.07, 6.45) is 5.57. The van der Waals surface area contributed by atoms with Crippen molar-refractivity contribution in [1.82, 2.24) is 19.9 Å². The molecule has 2 aromatic rings. The van der Waals surface area contributed by atoms with Gasteiger partial charge in [-0.1, -0.05) is 13.3 Å². The Labute approximate surface area is 110 Å². The van der Waals surface area contributed by atoms with Crippen LogP contribution in [0.3, 0.4) is 0 Å². The molecule has 100 valence electrons. The first-order valence-electron chi connectivity index (χ1n) is 6.42. The molecule has 3 rings (SSSR count). The predicted octanol–water partition coefficient (Wildman–Crippen LogP) is 1.87. The average molecular weight is 261 g/mol. The molecule has 2 aromatic heterocycles. The molecule has 0 bridgehead atoms. The summed E-state index contributed by atoms with van der Waals surface area (Å²) in [5.41, 5.74) is 1.21. The molecule has 0 saturated carbocycles. The van der Waals surface area contributed by atoms with Crippen molar-refractivity contribution in [2.45, 2.75) is 32.3 Å². The van der Waals surface area contributed by atoms with E-state index in [0.29, 0.717) is 23.5 Å². The lowest BCUT2D eigenvalue weighted by atomic mass is 10.1. The highest BCUT2D eigenvalue weighted by Gasteiger charge is 2.34. The Morgan fingerprint density at radius 2 is 2.37 bits per heavy atom. The Bertz CT molecular complexity index is 597. The van der Waals surface area contributed by atoms with Gasteiger partial charge in [-0.25, -0.2) is 19.7 Å². The predicted molar refractivity (Wildman–Crippen MR) is 68.8 cm³/mol. The van der Waals surface area contributed by atoms with Crippen molar-refractivity contribution in [3.05, 3.63) is 12.7 Å². The summed E-state index contributed by atoms with van der Waals surface area (Å²) in [5.74, 6) is 0.534. The normalized spacial score (nSPS) is 19.1. The topological polar surface area (TPSA) is 84.0 Å². The second kappa shape index (κ2) is 4.83. The van der Waals surface area contributed by atoms with Gasteiger partial charge < -0.3 is 9.72 Å². The molecule has 1 amide bonds. The van der Waals surface area contributed by atoms with Crippen molar-refractivity contribution in [2.75, 3.05) is 11.4 Å². The minimum absolute atomic E-state index is 0.0552. The van der Waals surface area contributed by atoms with E-state index in [-0.39, 0.29) is 12.2 Å². The van der Waals surface area contributed by atoms with Crippen LogP contribution >= 0.6 is 0 Å². The molecule has 0 radical (unpaired) electrons. The molecule has 0 aromatic carbocycles. The number of cyclic esters (lactones) is 1. The zero-order chi connectivity index (χ0) is 13.2. The number of unbranched alkanes of at least 4 members (excludes halogenated alkanes) is 1. The fourth-order valence-corrected chi connectivity index (χ4v) is 2.23. The van der Waals surface area contributed by atoms with Gasteiger partial charge in [0.15, 0.2) is 11.5 Å². The number of carbonyl (C=O) groups excluding carboxylic acids is 1. The van der Waals surface area contributed by atoms with Crippen molar-refractivity contribution in [2.24, 2.45) is 0 Å². The molecule has 1 unspecified atom stereocenters. The van der Waals surface area contributed by atoms with Gasteiger partial charge in [0.2, 0.25) is 0 Å². The fraction of sp³-hybridized carbons (Fsp3) is 0.500. The van der Waals surface area contributed by atoms with E-state index in [1.807, 2.05) is 0 Å². The number of amides is 1. The molecule has 7 nitrogen and oxygen atoms in total. The first kappa shape index (κ1) is 11.9. The summed E-state index contributed by atoms with van der Waals surface area (Å²) < 4.78 is 5.35. The van der Waals surface area contributed by atoms with Crippen molar-refractivity contribution >= 4 is 23.1 Å². The largest absolute Gasteiger partial charge is 0.444 e. The van der Waals surface area contributed by atoms with Crippen LogP contribution < -0.4 is 4.90 Å². The summed E-state index contributed by atoms with van der Waals surface area (Å²) in [7, 11) is 0. The monoisotopic (exact) mass is 261 g/mol. The van der Waals surface area contributed by atoms with Crippen molar-refractivity contribution in [3.63, 3.8) is 0 Å². The first-order valence-corrected chi connectivity index (χ1v) is 6.42. The maximum atomic E-state index is 11.9. The Balaban J connectivity index is 1.86. The summed E-state index contributed by atoms with van der Waals surface area (Å²) in [6, 6.07) is 0. The van der Waals surface area contributed by atoms with Gasteiger partial charge in [0.25, 0.3) is 0 Å². The Kier molecular flexibility index (Phi) is 3.02. The third-order valence-corrected chi connectivity index (χ3v) is 3.21. The molecule has 1 aliphatic heterocycles. The SMILES string of the molecule is CCCCC1CN(c2ncnc3nc[nH]c23)C(=O)O1. The number of imidazole rings is 1. The number of H-pyrrole nitrogens is 1. The van der Waals surface area contributed by atoms with Gasteiger partial charge in [0, 0.05) is 0 Å². The molecule has 0 aliphatic carbocycles. The standard InChI is InChI=1S/C12H15N5O2/c1-2-3-4-8-5-17(12(18)19-8)11-9-10(14-6-13-9)15-7-16-11/h6-8H,2-5H2,1H3,(H,13,14,15,16). The zero-order valence-corrected chi connectivity index (χ0v) is 10.7. The van der Waals surface area contributed by atoms with Crippen LogP contribution in [0.5, 0.6) is 0 Å². The lowest BCUT2D eigenvalue weighted by molar-refractivity contribution is 0.135. The molecule has 7 heteroatoms. The van der Waals surface area contributed by atoms with Gasteiger partial charge in [-0.3, -0.25) is 4.90 Å². The van der Waals surface area contributed by atoms with Gasteiger partial charge in [-0.05, 0) is 12.8 Å². The molecule has 1 atom stereocenters. The van der Waals surface area contributed by atoms with E-state index in [0.717, 1.165) is 19.3 Å². The number of nitrogens with zero attached hydrogens (tertiary/aromatic N) is 4. The van der Waals surface area contributed by atoms with Crippen LogP contribution in [0.15, 0.2) is 12.7 Å². The molecule has 1 fully saturated rings. The smallest absolute Gasteiger partial charge is 0.416 e. The number of anilines is 1. The second-order valence-corrected chi connectivity index (χ2v) is 4.56. The number of fused-ring (bicyclic) bond motifs is 1. The van der Waals surface area contributed by atoms with Gasteiger partial charge >= 0.3 is 6.09 Å². The van der Waals surface area contributed by atoms with Crippen LogP contribution in [0.25, 0.3) is 11.2 Å². The van der Waals surface area contributed by atoms with E-state index in [2.05, 4.69) is 26.9 Å². The number of hydrogen-bond acceptors (Lipinski definition) is 5. The number of aromatic amines is 1. The fourth-order valence-electron chi connectivity index (χ4n) is 2.23. The highest BCUT2D eigenvalue weighted by atomic mass is 16.6. The molecule has 3 heterocycles. The van der Waals surface area contributed by atoms with Crippen LogP contribution in [-0.2, 0) is 4.74 Å². The van der Waals surface area contributed by atoms with E-state index in [4.69, 9.17) is 4.74 Å². The van der Waals surface area contributed by atoms with E-state index >= 15 is 0 Å². The maximum Gasteiger partial charge on any atom is 0.416 e. The highest BCUT2D eigenvalue weighted by molar-refractivity contribution is 5.96. The van der Waals surface area contributed by atoms with Crippen LogP contribution in [0.1, 0.15) is 26.2 Å². The number of carbonyl (C=O) groups is 1. The first-order chi connectivity index (χ1) is 9.29. The summed E-state index contributed by atoms with van der Waals surface area (Å²) in [6.45, 7) is 2.65. The Morgan fingerprint density at radius 1 is 1.47 bits per heavy atom. The van der Waals surface area contributed by atoms with E-state index < -0.39 is 0 Å². The second-order valence-electron chi connectivity index (χ2n) is 4.56. The van der Waals surface area contributed by atoms with Gasteiger partial charge in [-0.2, -0.15) is 0 Å². The van der Waals surface area contributed by atoms with Gasteiger partial charge in [0.1, 0.15) is 17.9 Å². The Hall–Kier alpha value is -2.18. The number of hydrogen-bond donors (Lipinski definition) is 1. The zero-order valence-electron chi connectivity index (χ0n) is 10.7. The van der Waals surface area contributed by atoms with Crippen LogP contribution in [0.2, 0.25) is 0 Å². The third kappa shape index (κ3) is 2.11. The lowest BCUT2D eigenvalue weighted by Gasteiger charge is -2.11. The number of ether oxygens (including phenoxy) is 1. The molecule has 0 spiro atoms. The summed E-state index contributed by atoms with van der Waals surface area (Å²) >= 11 is 0. The summed E-state index contributed by atoms with van der Waals surface area (Å²) in [4.78, 5) is 28.7.